The van der Waals surface area contributed by atoms with Gasteiger partial charge in [-0.3, -0.25) is 10.3 Å². The summed E-state index contributed by atoms with van der Waals surface area (Å²) in [6.07, 6.45) is 0.106. The van der Waals surface area contributed by atoms with E-state index in [2.05, 4.69) is 11.8 Å². The molecule has 2 rings (SSSR count). The average molecular weight is 263 g/mol. The summed E-state index contributed by atoms with van der Waals surface area (Å²) in [6.45, 7) is 6.38. The van der Waals surface area contributed by atoms with Crippen molar-refractivity contribution in [3.05, 3.63) is 29.8 Å². The van der Waals surface area contributed by atoms with Crippen LogP contribution in [0.25, 0.3) is 0 Å². The van der Waals surface area contributed by atoms with Crippen molar-refractivity contribution in [1.82, 2.24) is 4.90 Å². The minimum Gasteiger partial charge on any atom is -0.491 e. The maximum Gasteiger partial charge on any atom is 0.122 e. The molecule has 19 heavy (non-hydrogen) atoms. The molecule has 1 heterocycles. The van der Waals surface area contributed by atoms with E-state index in [1.807, 2.05) is 12.1 Å². The van der Waals surface area contributed by atoms with Crippen molar-refractivity contribution in [3.8, 4) is 5.75 Å². The van der Waals surface area contributed by atoms with Crippen LogP contribution in [-0.2, 0) is 4.74 Å². The number of rotatable bonds is 5. The van der Waals surface area contributed by atoms with Crippen LogP contribution in [0.5, 0.6) is 5.75 Å². The molecule has 0 amide bonds. The summed E-state index contributed by atoms with van der Waals surface area (Å²) < 4.78 is 11.4. The van der Waals surface area contributed by atoms with E-state index in [-0.39, 0.29) is 11.9 Å². The first-order valence-electron chi connectivity index (χ1n) is 6.60. The number of nitrogens with zero attached hydrogens (tertiary/aromatic N) is 1. The second kappa shape index (κ2) is 6.54. The lowest BCUT2D eigenvalue weighted by molar-refractivity contribution is -0.0464. The zero-order valence-electron chi connectivity index (χ0n) is 11.3. The van der Waals surface area contributed by atoms with E-state index in [0.29, 0.717) is 12.2 Å². The number of nitrogens with one attached hydrogen (secondary N) is 1. The lowest BCUT2D eigenvalue weighted by atomic mass is 10.2. The molecular weight excluding hydrogens is 242 g/mol. The summed E-state index contributed by atoms with van der Waals surface area (Å²) in [5.41, 5.74) is 6.13. The molecule has 5 nitrogen and oxygen atoms in total. The van der Waals surface area contributed by atoms with Crippen LogP contribution in [0.2, 0.25) is 0 Å². The Kier molecular flexibility index (Phi) is 4.76. The van der Waals surface area contributed by atoms with Gasteiger partial charge in [-0.25, -0.2) is 0 Å². The fourth-order valence-electron chi connectivity index (χ4n) is 2.11. The number of nitrogens with two attached hydrogens (primary N) is 1. The predicted molar refractivity (Wildman–Crippen MR) is 74.8 cm³/mol. The van der Waals surface area contributed by atoms with Crippen LogP contribution < -0.4 is 10.5 Å². The molecule has 0 bridgehead atoms. The van der Waals surface area contributed by atoms with Gasteiger partial charge in [0.1, 0.15) is 24.3 Å². The second-order valence-electron chi connectivity index (χ2n) is 4.64. The van der Waals surface area contributed by atoms with Gasteiger partial charge in [0, 0.05) is 18.7 Å². The molecule has 1 aromatic carbocycles. The Balaban J connectivity index is 1.88. The van der Waals surface area contributed by atoms with Gasteiger partial charge in [0.25, 0.3) is 0 Å². The molecule has 0 spiro atoms. The maximum absolute atomic E-state index is 7.40. The van der Waals surface area contributed by atoms with Crippen molar-refractivity contribution in [2.75, 3.05) is 32.8 Å². The highest BCUT2D eigenvalue weighted by Gasteiger charge is 2.19. The SMILES string of the molecule is CCN1CCOC(COc2cccc(C(=N)N)c2)C1. The Labute approximate surface area is 113 Å². The van der Waals surface area contributed by atoms with E-state index < -0.39 is 0 Å². The van der Waals surface area contributed by atoms with E-state index >= 15 is 0 Å². The lowest BCUT2D eigenvalue weighted by Gasteiger charge is -2.31. The van der Waals surface area contributed by atoms with E-state index in [4.69, 9.17) is 20.6 Å². The molecule has 1 unspecified atom stereocenters. The third-order valence-corrected chi connectivity index (χ3v) is 3.25. The van der Waals surface area contributed by atoms with Crippen LogP contribution in [0, 0.1) is 5.41 Å². The molecular formula is C14H21N3O2. The van der Waals surface area contributed by atoms with Crippen LogP contribution in [0.3, 0.4) is 0 Å². The number of amidine groups is 1. The third-order valence-electron chi connectivity index (χ3n) is 3.25. The molecule has 1 aromatic rings. The van der Waals surface area contributed by atoms with Gasteiger partial charge in [-0.1, -0.05) is 19.1 Å². The minimum atomic E-state index is 0.0523. The Morgan fingerprint density at radius 3 is 3.16 bits per heavy atom. The molecule has 1 aliphatic rings. The van der Waals surface area contributed by atoms with E-state index in [9.17, 15) is 0 Å². The highest BCUT2D eigenvalue weighted by Crippen LogP contribution is 2.14. The predicted octanol–water partition coefficient (Wildman–Crippen LogP) is 1.07. The molecule has 0 aromatic heterocycles. The van der Waals surface area contributed by atoms with Gasteiger partial charge in [-0.15, -0.1) is 0 Å². The molecule has 0 aliphatic carbocycles. The van der Waals surface area contributed by atoms with Gasteiger partial charge < -0.3 is 15.2 Å². The Hall–Kier alpha value is -1.59. The van der Waals surface area contributed by atoms with Gasteiger partial charge in [-0.2, -0.15) is 0 Å². The van der Waals surface area contributed by atoms with Gasteiger partial charge >= 0.3 is 0 Å². The Morgan fingerprint density at radius 2 is 2.42 bits per heavy atom. The topological polar surface area (TPSA) is 71.6 Å². The van der Waals surface area contributed by atoms with Crippen LogP contribution >= 0.6 is 0 Å². The average Bonchev–Trinajstić information content (AvgIpc) is 2.45. The van der Waals surface area contributed by atoms with Crippen LogP contribution in [0.4, 0.5) is 0 Å². The van der Waals surface area contributed by atoms with Crippen molar-refractivity contribution in [3.63, 3.8) is 0 Å². The lowest BCUT2D eigenvalue weighted by Crippen LogP contribution is -2.44. The maximum atomic E-state index is 7.40. The first-order chi connectivity index (χ1) is 9.19. The largest absolute Gasteiger partial charge is 0.491 e. The van der Waals surface area contributed by atoms with Gasteiger partial charge in [-0.05, 0) is 18.7 Å². The monoisotopic (exact) mass is 263 g/mol. The van der Waals surface area contributed by atoms with Crippen molar-refractivity contribution in [1.29, 1.82) is 5.41 Å². The zero-order valence-corrected chi connectivity index (χ0v) is 11.3. The Bertz CT molecular complexity index is 436. The van der Waals surface area contributed by atoms with Crippen LogP contribution in [-0.4, -0.2) is 49.7 Å². The summed E-state index contributed by atoms with van der Waals surface area (Å²) >= 11 is 0. The number of nitrogen functional groups attached to an aromatic ring is 1. The third kappa shape index (κ3) is 3.94. The first kappa shape index (κ1) is 13.8. The molecule has 104 valence electrons. The van der Waals surface area contributed by atoms with Crippen LogP contribution in [0.15, 0.2) is 24.3 Å². The normalized spacial score (nSPS) is 20.2. The van der Waals surface area contributed by atoms with Crippen molar-refractivity contribution >= 4 is 5.84 Å². The first-order valence-corrected chi connectivity index (χ1v) is 6.60. The van der Waals surface area contributed by atoms with Crippen molar-refractivity contribution in [2.24, 2.45) is 5.73 Å². The number of hydrogen-bond donors (Lipinski definition) is 2. The summed E-state index contributed by atoms with van der Waals surface area (Å²) in [4.78, 5) is 2.35. The highest BCUT2D eigenvalue weighted by atomic mass is 16.5. The van der Waals surface area contributed by atoms with Gasteiger partial charge in [0.05, 0.1) is 6.61 Å². The summed E-state index contributed by atoms with van der Waals surface area (Å²) in [5.74, 6) is 0.779. The summed E-state index contributed by atoms with van der Waals surface area (Å²) in [6, 6.07) is 7.28. The van der Waals surface area contributed by atoms with Crippen LogP contribution in [0.1, 0.15) is 12.5 Å². The number of hydrogen-bond acceptors (Lipinski definition) is 4. The molecule has 1 aliphatic heterocycles. The number of morpholine rings is 1. The minimum absolute atomic E-state index is 0.0523. The van der Waals surface area contributed by atoms with E-state index in [0.717, 1.165) is 32.0 Å². The summed E-state index contributed by atoms with van der Waals surface area (Å²) in [5, 5.41) is 7.40. The van der Waals surface area contributed by atoms with Crippen molar-refractivity contribution < 1.29 is 9.47 Å². The van der Waals surface area contributed by atoms with Gasteiger partial charge in [0.2, 0.25) is 0 Å². The van der Waals surface area contributed by atoms with E-state index in [1.54, 1.807) is 12.1 Å². The fourth-order valence-corrected chi connectivity index (χ4v) is 2.11. The standard InChI is InChI=1S/C14H21N3O2/c1-2-17-6-7-18-13(9-17)10-19-12-5-3-4-11(8-12)14(15)16/h3-5,8,13H,2,6-7,9-10H2,1H3,(H3,15,16). The quantitative estimate of drug-likeness (QED) is 0.616. The second-order valence-corrected chi connectivity index (χ2v) is 4.64. The van der Waals surface area contributed by atoms with E-state index in [1.165, 1.54) is 0 Å². The number of benzene rings is 1. The number of ether oxygens (including phenoxy) is 2. The molecule has 1 fully saturated rings. The molecule has 5 heteroatoms. The molecule has 0 radical (unpaired) electrons. The summed E-state index contributed by atoms with van der Waals surface area (Å²) in [7, 11) is 0. The smallest absolute Gasteiger partial charge is 0.122 e. The Morgan fingerprint density at radius 1 is 1.58 bits per heavy atom. The highest BCUT2D eigenvalue weighted by molar-refractivity contribution is 5.95. The molecule has 3 N–H and O–H groups in total. The molecule has 1 saturated heterocycles. The fraction of sp³-hybridized carbons (Fsp3) is 0.500. The zero-order chi connectivity index (χ0) is 13.7. The molecule has 1 atom stereocenters. The van der Waals surface area contributed by atoms with Gasteiger partial charge in [0.15, 0.2) is 0 Å². The van der Waals surface area contributed by atoms with Crippen molar-refractivity contribution in [2.45, 2.75) is 13.0 Å². The number of likely N-dealkylation sites (N-methyl/N-ethyl adjacent to an activating group) is 1. The molecule has 0 saturated carbocycles.